The van der Waals surface area contributed by atoms with Crippen LogP contribution in [0.25, 0.3) is 0 Å². The zero-order valence-electron chi connectivity index (χ0n) is 24.7. The smallest absolute Gasteiger partial charge is 0.318 e. The summed E-state index contributed by atoms with van der Waals surface area (Å²) in [5.74, 6) is 1.49. The molecule has 3 aromatic rings. The average Bonchev–Trinajstić information content (AvgIpc) is 3.51. The van der Waals surface area contributed by atoms with Gasteiger partial charge in [-0.1, -0.05) is 12.5 Å². The molecule has 0 bridgehead atoms. The Morgan fingerprint density at radius 3 is 2.46 bits per heavy atom. The molecule has 0 aliphatic carbocycles. The fourth-order valence-corrected chi connectivity index (χ4v) is 9.48. The van der Waals surface area contributed by atoms with E-state index in [0.29, 0.717) is 28.3 Å². The first kappa shape index (κ1) is 29.8. The summed E-state index contributed by atoms with van der Waals surface area (Å²) in [7, 11) is 2.20. The number of aromatic nitrogens is 2. The number of rotatable bonds is 9. The van der Waals surface area contributed by atoms with Crippen LogP contribution in [0.4, 0.5) is 5.82 Å². The molecule has 9 nitrogen and oxygen atoms in total. The number of nitrogens with zero attached hydrogens (tertiary/aromatic N) is 5. The third kappa shape index (κ3) is 5.95. The van der Waals surface area contributed by atoms with Crippen LogP contribution in [-0.4, -0.2) is 81.1 Å². The van der Waals surface area contributed by atoms with Crippen molar-refractivity contribution in [2.75, 3.05) is 52.3 Å². The summed E-state index contributed by atoms with van der Waals surface area (Å²) >= 11 is 1.82. The van der Waals surface area contributed by atoms with Crippen molar-refractivity contribution >= 4 is 27.2 Å². The molecule has 0 spiro atoms. The van der Waals surface area contributed by atoms with Crippen molar-refractivity contribution in [1.82, 2.24) is 19.2 Å². The molecular weight excluding hydrogens is 558 g/mol. The summed E-state index contributed by atoms with van der Waals surface area (Å²) in [6.07, 6.45) is 6.23. The summed E-state index contributed by atoms with van der Waals surface area (Å²) in [4.78, 5) is 15.5. The number of methoxy groups -OCH3 is 1. The van der Waals surface area contributed by atoms with Gasteiger partial charge in [-0.25, -0.2) is 13.4 Å². The van der Waals surface area contributed by atoms with E-state index in [2.05, 4.69) is 46.4 Å². The molecule has 1 unspecified atom stereocenters. The minimum Gasteiger partial charge on any atom is -0.497 e. The van der Waals surface area contributed by atoms with Crippen LogP contribution in [0.2, 0.25) is 0 Å². The van der Waals surface area contributed by atoms with Crippen molar-refractivity contribution in [3.05, 3.63) is 57.9 Å². The number of aryl methyl sites for hydroxylation is 2. The molecule has 0 saturated carbocycles. The zero-order chi connectivity index (χ0) is 29.2. The summed E-state index contributed by atoms with van der Waals surface area (Å²) in [6.45, 7) is 6.07. The molecule has 0 N–H and O–H groups in total. The topological polar surface area (TPSA) is 88.1 Å². The minimum absolute atomic E-state index is 0.0353. The Kier molecular flexibility index (Phi) is 8.89. The lowest BCUT2D eigenvalue weighted by Crippen LogP contribution is -2.50. The Hall–Kier alpha value is -2.73. The van der Waals surface area contributed by atoms with Gasteiger partial charge in [0.2, 0.25) is 10.0 Å². The molecular formula is C30H41N5O4S2. The molecule has 5 rings (SSSR count). The SMILES string of the molecule is COc1cc(C)c(S(=O)(=O)N2CCCCC2COc2nccc(N3CCC(c4cccs4)(N(C)C)CC3)n2)c(C)c1. The van der Waals surface area contributed by atoms with E-state index in [1.54, 1.807) is 29.7 Å². The molecule has 2 aromatic heterocycles. The van der Waals surface area contributed by atoms with Gasteiger partial charge in [-0.05, 0) is 94.4 Å². The Labute approximate surface area is 248 Å². The molecule has 4 heterocycles. The lowest BCUT2D eigenvalue weighted by atomic mass is 9.84. The monoisotopic (exact) mass is 599 g/mol. The Balaban J connectivity index is 1.28. The quantitative estimate of drug-likeness (QED) is 0.345. The Morgan fingerprint density at radius 1 is 1.10 bits per heavy atom. The van der Waals surface area contributed by atoms with Crippen molar-refractivity contribution < 1.29 is 17.9 Å². The largest absolute Gasteiger partial charge is 0.497 e. The van der Waals surface area contributed by atoms with Crippen molar-refractivity contribution in [1.29, 1.82) is 0 Å². The molecule has 2 saturated heterocycles. The third-order valence-corrected chi connectivity index (χ3v) is 11.9. The van der Waals surface area contributed by atoms with E-state index in [1.165, 1.54) is 4.88 Å². The maximum absolute atomic E-state index is 13.9. The first-order valence-electron chi connectivity index (χ1n) is 14.2. The van der Waals surface area contributed by atoms with Gasteiger partial charge in [0.05, 0.1) is 23.6 Å². The number of ether oxygens (including phenoxy) is 2. The van der Waals surface area contributed by atoms with Gasteiger partial charge in [0.1, 0.15) is 18.2 Å². The van der Waals surface area contributed by atoms with E-state index < -0.39 is 10.0 Å². The van der Waals surface area contributed by atoms with Gasteiger partial charge in [-0.15, -0.1) is 11.3 Å². The predicted octanol–water partition coefficient (Wildman–Crippen LogP) is 4.84. The van der Waals surface area contributed by atoms with Gasteiger partial charge in [0.15, 0.2) is 0 Å². The fourth-order valence-electron chi connectivity index (χ4n) is 6.32. The number of thiophene rings is 1. The molecule has 2 fully saturated rings. The van der Waals surface area contributed by atoms with Crippen LogP contribution >= 0.6 is 11.3 Å². The van der Waals surface area contributed by atoms with Crippen LogP contribution in [-0.2, 0) is 15.6 Å². The van der Waals surface area contributed by atoms with Gasteiger partial charge >= 0.3 is 6.01 Å². The van der Waals surface area contributed by atoms with E-state index in [1.807, 2.05) is 31.3 Å². The van der Waals surface area contributed by atoms with Crippen molar-refractivity contribution in [2.24, 2.45) is 0 Å². The summed E-state index contributed by atoms with van der Waals surface area (Å²) in [5, 5.41) is 2.15. The zero-order valence-corrected chi connectivity index (χ0v) is 26.3. The number of hydrogen-bond acceptors (Lipinski definition) is 9. The molecule has 1 atom stereocenters. The molecule has 2 aliphatic rings. The maximum atomic E-state index is 13.9. The first-order valence-corrected chi connectivity index (χ1v) is 16.6. The van der Waals surface area contributed by atoms with Crippen molar-refractivity contribution in [3.8, 4) is 11.8 Å². The normalized spacial score (nSPS) is 19.9. The predicted molar refractivity (Wildman–Crippen MR) is 163 cm³/mol. The van der Waals surface area contributed by atoms with E-state index in [0.717, 1.165) is 51.0 Å². The highest BCUT2D eigenvalue weighted by atomic mass is 32.2. The van der Waals surface area contributed by atoms with E-state index >= 15 is 0 Å². The second-order valence-electron chi connectivity index (χ2n) is 11.3. The number of hydrogen-bond donors (Lipinski definition) is 0. The molecule has 0 amide bonds. The molecule has 0 radical (unpaired) electrons. The van der Waals surface area contributed by atoms with Gasteiger partial charge in [0, 0.05) is 30.7 Å². The number of benzene rings is 1. The minimum atomic E-state index is -3.72. The highest BCUT2D eigenvalue weighted by Gasteiger charge is 2.40. The van der Waals surface area contributed by atoms with Gasteiger partial charge in [-0.3, -0.25) is 4.90 Å². The van der Waals surface area contributed by atoms with Crippen LogP contribution in [0.1, 0.15) is 48.1 Å². The second kappa shape index (κ2) is 12.2. The van der Waals surface area contributed by atoms with E-state index in [9.17, 15) is 8.42 Å². The van der Waals surface area contributed by atoms with Crippen LogP contribution in [0.5, 0.6) is 11.8 Å². The second-order valence-corrected chi connectivity index (χ2v) is 14.0. The third-order valence-electron chi connectivity index (χ3n) is 8.58. The molecule has 1 aromatic carbocycles. The van der Waals surface area contributed by atoms with Crippen LogP contribution in [0.15, 0.2) is 46.8 Å². The lowest BCUT2D eigenvalue weighted by molar-refractivity contribution is 0.119. The van der Waals surface area contributed by atoms with Crippen LogP contribution in [0, 0.1) is 13.8 Å². The summed E-state index contributed by atoms with van der Waals surface area (Å²) < 4.78 is 40.8. The van der Waals surface area contributed by atoms with Gasteiger partial charge < -0.3 is 14.4 Å². The number of sulfonamides is 1. The van der Waals surface area contributed by atoms with Crippen LogP contribution < -0.4 is 14.4 Å². The number of anilines is 1. The summed E-state index contributed by atoms with van der Waals surface area (Å²) in [5.41, 5.74) is 1.40. The average molecular weight is 600 g/mol. The Bertz CT molecular complexity index is 1410. The molecule has 2 aliphatic heterocycles. The first-order chi connectivity index (χ1) is 19.7. The van der Waals surface area contributed by atoms with Crippen molar-refractivity contribution in [2.45, 2.75) is 62.4 Å². The molecule has 41 heavy (non-hydrogen) atoms. The highest BCUT2D eigenvalue weighted by molar-refractivity contribution is 7.89. The van der Waals surface area contributed by atoms with Crippen LogP contribution in [0.3, 0.4) is 0 Å². The maximum Gasteiger partial charge on any atom is 0.318 e. The van der Waals surface area contributed by atoms with E-state index in [4.69, 9.17) is 14.5 Å². The number of piperidine rings is 2. The van der Waals surface area contributed by atoms with Crippen molar-refractivity contribution in [3.63, 3.8) is 0 Å². The Morgan fingerprint density at radius 2 is 1.83 bits per heavy atom. The lowest BCUT2D eigenvalue weighted by Gasteiger charge is -2.46. The highest BCUT2D eigenvalue weighted by Crippen LogP contribution is 2.40. The molecule has 11 heteroatoms. The molecule has 222 valence electrons. The van der Waals surface area contributed by atoms with Gasteiger partial charge in [-0.2, -0.15) is 9.29 Å². The fraction of sp³-hybridized carbons (Fsp3) is 0.533. The van der Waals surface area contributed by atoms with E-state index in [-0.39, 0.29) is 24.2 Å². The van der Waals surface area contributed by atoms with Gasteiger partial charge in [0.25, 0.3) is 0 Å². The summed E-state index contributed by atoms with van der Waals surface area (Å²) in [6, 6.07) is 9.84. The standard InChI is InChI=1S/C30H41N5O4S2/c1-22-19-25(38-5)20-23(2)28(22)41(36,37)35-15-7-6-9-24(35)21-39-29-31-14-11-27(32-29)34-16-12-30(13-17-34,33(3)4)26-10-8-18-40-26/h8,10-11,14,18-20,24H,6-7,9,12-13,15-17,21H2,1-5H3.